The molecule has 2 aromatic rings. The maximum absolute atomic E-state index is 12.6. The Bertz CT molecular complexity index is 997. The van der Waals surface area contributed by atoms with Crippen molar-refractivity contribution in [2.45, 2.75) is 57.6 Å². The number of rotatable bonds is 6. The van der Waals surface area contributed by atoms with Gasteiger partial charge in [0.1, 0.15) is 6.54 Å². The predicted molar refractivity (Wildman–Crippen MR) is 114 cm³/mol. The van der Waals surface area contributed by atoms with Crippen LogP contribution in [0.25, 0.3) is 5.65 Å². The number of likely N-dealkylation sites (N-methyl/N-ethyl adjacent to an activating group) is 1. The zero-order chi connectivity index (χ0) is 21.7. The van der Waals surface area contributed by atoms with Gasteiger partial charge in [0.2, 0.25) is 5.91 Å². The summed E-state index contributed by atoms with van der Waals surface area (Å²) in [4.78, 5) is 32.0. The van der Waals surface area contributed by atoms with Crippen molar-refractivity contribution in [1.82, 2.24) is 14.3 Å². The second-order valence-corrected chi connectivity index (χ2v) is 10.4. The lowest BCUT2D eigenvalue weighted by atomic mass is 9.96. The van der Waals surface area contributed by atoms with E-state index in [0.29, 0.717) is 17.8 Å². The van der Waals surface area contributed by atoms with E-state index in [4.69, 9.17) is 10.1 Å². The largest absolute Gasteiger partial charge is 0.331 e. The first-order valence-corrected chi connectivity index (χ1v) is 10.9. The molecule has 2 N–H and O–H groups in total. The van der Waals surface area contributed by atoms with E-state index >= 15 is 0 Å². The first-order valence-electron chi connectivity index (χ1n) is 9.69. The van der Waals surface area contributed by atoms with Crippen molar-refractivity contribution in [1.29, 1.82) is 0 Å². The number of aromatic nitrogens is 2. The van der Waals surface area contributed by atoms with Gasteiger partial charge in [0.25, 0.3) is 0 Å². The number of urea groups is 1. The molecule has 1 saturated heterocycles. The van der Waals surface area contributed by atoms with Crippen LogP contribution in [0, 0.1) is 0 Å². The number of nitrogens with zero attached hydrogens (tertiary/aromatic N) is 4. The molecule has 0 aromatic carbocycles. The van der Waals surface area contributed by atoms with Crippen LogP contribution in [0.15, 0.2) is 18.5 Å². The fraction of sp³-hybridized carbons (Fsp3) is 0.550. The molecule has 9 heteroatoms. The smallest absolute Gasteiger partial charge is 0.305 e. The number of amides is 3. The number of imidazole rings is 1. The molecule has 1 unspecified atom stereocenters. The van der Waals surface area contributed by atoms with Crippen LogP contribution in [0.3, 0.4) is 0 Å². The van der Waals surface area contributed by atoms with Gasteiger partial charge in [0.15, 0.2) is 5.65 Å². The van der Waals surface area contributed by atoms with Crippen LogP contribution < -0.4 is 10.0 Å². The number of hydrogen-bond donors (Lipinski definition) is 1. The number of pyridine rings is 1. The minimum atomic E-state index is -1.45. The average Bonchev–Trinajstić information content (AvgIpc) is 3.17. The molecule has 0 aliphatic carbocycles. The van der Waals surface area contributed by atoms with E-state index in [1.54, 1.807) is 0 Å². The van der Waals surface area contributed by atoms with E-state index in [2.05, 4.69) is 13.8 Å². The van der Waals surface area contributed by atoms with E-state index in [0.717, 1.165) is 16.2 Å². The quantitative estimate of drug-likeness (QED) is 0.728. The fourth-order valence-electron chi connectivity index (χ4n) is 3.58. The summed E-state index contributed by atoms with van der Waals surface area (Å²) in [6.07, 6.45) is 4.55. The lowest BCUT2D eigenvalue weighted by molar-refractivity contribution is -0.123. The zero-order valence-corrected chi connectivity index (χ0v) is 18.6. The average molecular weight is 420 g/mol. The van der Waals surface area contributed by atoms with Crippen LogP contribution in [0.5, 0.6) is 0 Å². The summed E-state index contributed by atoms with van der Waals surface area (Å²) in [5, 5.41) is 5.64. The fourth-order valence-corrected chi connectivity index (χ4v) is 4.00. The van der Waals surface area contributed by atoms with E-state index in [1.807, 2.05) is 43.6 Å². The Balaban J connectivity index is 2.08. The summed E-state index contributed by atoms with van der Waals surface area (Å²) in [6, 6.07) is 1.58. The summed E-state index contributed by atoms with van der Waals surface area (Å²) in [7, 11) is 0.0409. The van der Waals surface area contributed by atoms with Crippen molar-refractivity contribution in [3.8, 4) is 0 Å². The van der Waals surface area contributed by atoms with Gasteiger partial charge in [-0.15, -0.1) is 0 Å². The molecule has 0 bridgehead atoms. The molecule has 0 spiro atoms. The van der Waals surface area contributed by atoms with Crippen LogP contribution in [-0.4, -0.2) is 48.8 Å². The second-order valence-electron chi connectivity index (χ2n) is 8.69. The van der Waals surface area contributed by atoms with Crippen molar-refractivity contribution in [2.24, 2.45) is 5.14 Å². The molecular formula is C20H29N5O3S. The molecular weight excluding hydrogens is 390 g/mol. The standard InChI is InChI=1S/C20H29N5O3S/c1-12(2)14-7-16(25-11-17(26)23(6)19(25)27)18-22-15(10-24(18)9-14)13(3)8-20(4,5)29(21)28/h7,9-10,12-13H,8,11,21H2,1-6H3/t13-,29?/m1/s1. The Kier molecular flexibility index (Phi) is 5.57. The Morgan fingerprint density at radius 1 is 1.24 bits per heavy atom. The first kappa shape index (κ1) is 21.4. The minimum Gasteiger partial charge on any atom is -0.305 e. The van der Waals surface area contributed by atoms with Crippen molar-refractivity contribution in [3.05, 3.63) is 29.7 Å². The third-order valence-electron chi connectivity index (χ3n) is 5.56. The highest BCUT2D eigenvalue weighted by atomic mass is 32.2. The lowest BCUT2D eigenvalue weighted by Crippen LogP contribution is -2.33. The van der Waals surface area contributed by atoms with Gasteiger partial charge in [-0.2, -0.15) is 0 Å². The Morgan fingerprint density at radius 3 is 2.41 bits per heavy atom. The Labute approximate surface area is 173 Å². The molecule has 2 atom stereocenters. The first-order chi connectivity index (χ1) is 13.4. The Hall–Kier alpha value is -2.26. The molecule has 158 valence electrons. The molecule has 8 nitrogen and oxygen atoms in total. The summed E-state index contributed by atoms with van der Waals surface area (Å²) >= 11 is 0. The van der Waals surface area contributed by atoms with E-state index in [9.17, 15) is 13.8 Å². The highest BCUT2D eigenvalue weighted by Gasteiger charge is 2.36. The maximum atomic E-state index is 12.6. The van der Waals surface area contributed by atoms with Crippen molar-refractivity contribution in [3.63, 3.8) is 0 Å². The molecule has 3 heterocycles. The van der Waals surface area contributed by atoms with Gasteiger partial charge in [-0.25, -0.2) is 14.0 Å². The molecule has 3 rings (SSSR count). The number of carbonyl (C=O) groups is 2. The highest BCUT2D eigenvalue weighted by Crippen LogP contribution is 2.33. The van der Waals surface area contributed by atoms with Gasteiger partial charge < -0.3 is 4.40 Å². The lowest BCUT2D eigenvalue weighted by Gasteiger charge is -2.24. The monoisotopic (exact) mass is 419 g/mol. The van der Waals surface area contributed by atoms with Crippen LogP contribution in [0.4, 0.5) is 10.5 Å². The van der Waals surface area contributed by atoms with Gasteiger partial charge in [0.05, 0.1) is 27.1 Å². The van der Waals surface area contributed by atoms with Crippen molar-refractivity contribution < 1.29 is 13.8 Å². The molecule has 1 fully saturated rings. The second kappa shape index (κ2) is 7.53. The highest BCUT2D eigenvalue weighted by molar-refractivity contribution is 7.84. The van der Waals surface area contributed by atoms with Crippen LogP contribution in [-0.2, 0) is 15.8 Å². The summed E-state index contributed by atoms with van der Waals surface area (Å²) < 4.78 is 13.2. The normalized spacial score (nSPS) is 17.7. The van der Waals surface area contributed by atoms with Crippen LogP contribution in [0.2, 0.25) is 0 Å². The zero-order valence-electron chi connectivity index (χ0n) is 17.8. The van der Waals surface area contributed by atoms with E-state index < -0.39 is 15.7 Å². The maximum Gasteiger partial charge on any atom is 0.331 e. The topological polar surface area (TPSA) is 101 Å². The molecule has 2 aromatic heterocycles. The van der Waals surface area contributed by atoms with E-state index in [1.165, 1.54) is 11.9 Å². The summed E-state index contributed by atoms with van der Waals surface area (Å²) in [6.45, 7) is 9.94. The van der Waals surface area contributed by atoms with Crippen LogP contribution >= 0.6 is 0 Å². The SMILES string of the molecule is CC(C)c1cc(N2CC(=O)N(C)C2=O)c2nc([C@H](C)CC(C)(C)S(N)=O)cn2c1. The minimum absolute atomic E-state index is 0.00345. The molecule has 0 saturated carbocycles. The third-order valence-corrected chi connectivity index (χ3v) is 6.82. The number of anilines is 1. The van der Waals surface area contributed by atoms with Gasteiger partial charge in [0, 0.05) is 25.4 Å². The number of carbonyl (C=O) groups excluding carboxylic acids is 2. The third kappa shape index (κ3) is 3.93. The number of imide groups is 1. The Morgan fingerprint density at radius 2 is 1.90 bits per heavy atom. The number of fused-ring (bicyclic) bond motifs is 1. The van der Waals surface area contributed by atoms with Gasteiger partial charge >= 0.3 is 6.03 Å². The summed E-state index contributed by atoms with van der Waals surface area (Å²) in [5.74, 6) is 0.0212. The molecule has 3 amide bonds. The number of hydrogen-bond acceptors (Lipinski definition) is 4. The molecule has 1 aliphatic heterocycles. The molecule has 29 heavy (non-hydrogen) atoms. The van der Waals surface area contributed by atoms with Gasteiger partial charge in [-0.1, -0.05) is 20.8 Å². The molecule has 0 radical (unpaired) electrons. The molecule has 1 aliphatic rings. The summed E-state index contributed by atoms with van der Waals surface area (Å²) in [5.41, 5.74) is 3.12. The van der Waals surface area contributed by atoms with E-state index in [-0.39, 0.29) is 30.3 Å². The number of nitrogens with two attached hydrogens (primary N) is 1. The van der Waals surface area contributed by atoms with Crippen molar-refractivity contribution >= 4 is 34.3 Å². The van der Waals surface area contributed by atoms with Gasteiger partial charge in [-0.05, 0) is 37.8 Å². The van der Waals surface area contributed by atoms with Crippen molar-refractivity contribution in [2.75, 3.05) is 18.5 Å². The predicted octanol–water partition coefficient (Wildman–Crippen LogP) is 2.75. The van der Waals surface area contributed by atoms with Crippen LogP contribution in [0.1, 0.15) is 64.1 Å². The van der Waals surface area contributed by atoms with Gasteiger partial charge in [-0.3, -0.25) is 19.7 Å².